The number of rotatable bonds is 5. The Kier molecular flexibility index (Phi) is 3.59. The summed E-state index contributed by atoms with van der Waals surface area (Å²) < 4.78 is 4.89. The number of nitro groups is 1. The fraction of sp³-hybridized carbons (Fsp3) is 0.500. The number of aliphatic hydroxyl groups excluding tert-OH is 1. The zero-order chi connectivity index (χ0) is 14.2. The molecule has 104 valence electrons. The number of aliphatic hydroxyl groups is 1. The Balaban J connectivity index is 2.41. The number of methoxy groups -OCH3 is 1. The smallest absolute Gasteiger partial charge is 0.273 e. The minimum Gasteiger partial charge on any atom is -0.504 e. The molecule has 1 aliphatic carbocycles. The van der Waals surface area contributed by atoms with Gasteiger partial charge in [0.05, 0.1) is 30.2 Å². The van der Waals surface area contributed by atoms with E-state index in [0.29, 0.717) is 0 Å². The Bertz CT molecular complexity index is 501. The van der Waals surface area contributed by atoms with Crippen molar-refractivity contribution in [3.63, 3.8) is 0 Å². The normalized spacial score (nSPS) is 17.8. The molecule has 1 saturated carbocycles. The average molecular weight is 268 g/mol. The van der Waals surface area contributed by atoms with Crippen molar-refractivity contribution in [3.8, 4) is 11.5 Å². The largest absolute Gasteiger partial charge is 0.504 e. The highest BCUT2D eigenvalue weighted by Gasteiger charge is 2.36. The topological polar surface area (TPSA) is 119 Å². The summed E-state index contributed by atoms with van der Waals surface area (Å²) in [6, 6.07) is 1.42. The molecule has 19 heavy (non-hydrogen) atoms. The first-order valence-corrected chi connectivity index (χ1v) is 5.94. The van der Waals surface area contributed by atoms with Gasteiger partial charge in [0, 0.05) is 11.6 Å². The van der Waals surface area contributed by atoms with Gasteiger partial charge in [0.15, 0.2) is 11.5 Å². The van der Waals surface area contributed by atoms with Crippen molar-refractivity contribution < 1.29 is 19.9 Å². The van der Waals surface area contributed by atoms with Gasteiger partial charge in [-0.3, -0.25) is 10.1 Å². The molecule has 0 saturated heterocycles. The highest BCUT2D eigenvalue weighted by atomic mass is 16.6. The summed E-state index contributed by atoms with van der Waals surface area (Å²) in [6.45, 7) is 0. The second-order valence-corrected chi connectivity index (χ2v) is 4.70. The Hall–Kier alpha value is -1.86. The van der Waals surface area contributed by atoms with Gasteiger partial charge in [-0.1, -0.05) is 0 Å². The number of benzene rings is 1. The Morgan fingerprint density at radius 3 is 2.63 bits per heavy atom. The number of aromatic hydroxyl groups is 1. The zero-order valence-electron chi connectivity index (χ0n) is 10.4. The Morgan fingerprint density at radius 2 is 2.16 bits per heavy atom. The second-order valence-electron chi connectivity index (χ2n) is 4.70. The number of hydrogen-bond acceptors (Lipinski definition) is 6. The summed E-state index contributed by atoms with van der Waals surface area (Å²) in [7, 11) is 1.30. The zero-order valence-corrected chi connectivity index (χ0v) is 10.4. The van der Waals surface area contributed by atoms with Crippen LogP contribution in [0, 0.1) is 16.0 Å². The number of hydrogen-bond donors (Lipinski definition) is 3. The van der Waals surface area contributed by atoms with Crippen LogP contribution in [0.4, 0.5) is 5.69 Å². The van der Waals surface area contributed by atoms with Crippen LogP contribution in [0.3, 0.4) is 0 Å². The average Bonchev–Trinajstić information content (AvgIpc) is 3.21. The number of ether oxygens (including phenoxy) is 1. The van der Waals surface area contributed by atoms with Gasteiger partial charge >= 0.3 is 0 Å². The van der Waals surface area contributed by atoms with Crippen molar-refractivity contribution in [1.29, 1.82) is 0 Å². The lowest BCUT2D eigenvalue weighted by molar-refractivity contribution is -0.385. The first-order chi connectivity index (χ1) is 8.95. The summed E-state index contributed by atoms with van der Waals surface area (Å²) in [6.07, 6.45) is 0.932. The van der Waals surface area contributed by atoms with Gasteiger partial charge in [0.2, 0.25) is 0 Å². The van der Waals surface area contributed by atoms with E-state index in [4.69, 9.17) is 10.5 Å². The van der Waals surface area contributed by atoms with Gasteiger partial charge in [0.25, 0.3) is 5.69 Å². The molecule has 1 aromatic rings. The Morgan fingerprint density at radius 1 is 1.53 bits per heavy atom. The molecule has 7 nitrogen and oxygen atoms in total. The molecular formula is C12H16N2O5. The predicted molar refractivity (Wildman–Crippen MR) is 67.0 cm³/mol. The van der Waals surface area contributed by atoms with Gasteiger partial charge in [-0.25, -0.2) is 0 Å². The van der Waals surface area contributed by atoms with E-state index >= 15 is 0 Å². The first kappa shape index (κ1) is 13.6. The van der Waals surface area contributed by atoms with Crippen LogP contribution in [0.2, 0.25) is 0 Å². The number of phenols is 1. The van der Waals surface area contributed by atoms with Crippen molar-refractivity contribution in [2.75, 3.05) is 7.11 Å². The van der Waals surface area contributed by atoms with E-state index in [0.717, 1.165) is 18.9 Å². The minimum atomic E-state index is -0.874. The molecule has 2 atom stereocenters. The fourth-order valence-corrected chi connectivity index (χ4v) is 2.04. The van der Waals surface area contributed by atoms with Gasteiger partial charge in [0.1, 0.15) is 0 Å². The lowest BCUT2D eigenvalue weighted by Crippen LogP contribution is -2.28. The van der Waals surface area contributed by atoms with Gasteiger partial charge in [-0.15, -0.1) is 0 Å². The molecule has 0 unspecified atom stereocenters. The van der Waals surface area contributed by atoms with Gasteiger partial charge in [-0.05, 0) is 18.8 Å². The maximum Gasteiger partial charge on any atom is 0.273 e. The highest BCUT2D eigenvalue weighted by Crippen LogP contribution is 2.42. The molecule has 1 fully saturated rings. The number of nitro benzene ring substituents is 1. The van der Waals surface area contributed by atoms with Crippen LogP contribution >= 0.6 is 0 Å². The summed E-state index contributed by atoms with van der Waals surface area (Å²) in [5, 5.41) is 30.8. The fourth-order valence-electron chi connectivity index (χ4n) is 2.04. The molecule has 0 spiro atoms. The van der Waals surface area contributed by atoms with E-state index < -0.39 is 17.1 Å². The molecule has 1 aromatic carbocycles. The molecule has 0 aromatic heterocycles. The van der Waals surface area contributed by atoms with Crippen LogP contribution in [-0.2, 0) is 0 Å². The molecular weight excluding hydrogens is 252 g/mol. The monoisotopic (exact) mass is 268 g/mol. The lowest BCUT2D eigenvalue weighted by atomic mass is 9.97. The van der Waals surface area contributed by atoms with E-state index in [1.807, 2.05) is 0 Å². The molecule has 0 heterocycles. The summed E-state index contributed by atoms with van der Waals surface area (Å²) in [4.78, 5) is 10.2. The van der Waals surface area contributed by atoms with Crippen molar-refractivity contribution in [2.45, 2.75) is 25.0 Å². The number of non-ortho nitro benzene ring substituents is 1. The van der Waals surface area contributed by atoms with Crippen molar-refractivity contribution >= 4 is 5.69 Å². The molecule has 2 rings (SSSR count). The van der Waals surface area contributed by atoms with E-state index in [1.54, 1.807) is 0 Å². The van der Waals surface area contributed by atoms with E-state index in [2.05, 4.69) is 0 Å². The summed E-state index contributed by atoms with van der Waals surface area (Å²) >= 11 is 0. The van der Waals surface area contributed by atoms with Crippen LogP contribution in [0.5, 0.6) is 11.5 Å². The third-order valence-electron chi connectivity index (χ3n) is 3.35. The molecule has 1 aliphatic rings. The third kappa shape index (κ3) is 2.61. The van der Waals surface area contributed by atoms with Gasteiger partial charge in [-0.2, -0.15) is 0 Å². The summed E-state index contributed by atoms with van der Waals surface area (Å²) in [5.41, 5.74) is 5.78. The van der Waals surface area contributed by atoms with Crippen LogP contribution in [0.15, 0.2) is 12.1 Å². The van der Waals surface area contributed by atoms with Crippen LogP contribution < -0.4 is 10.5 Å². The molecule has 0 amide bonds. The maximum absolute atomic E-state index is 10.8. The second kappa shape index (κ2) is 5.02. The predicted octanol–water partition coefficient (Wildman–Crippen LogP) is 1.08. The third-order valence-corrected chi connectivity index (χ3v) is 3.35. The number of nitrogens with zero attached hydrogens (tertiary/aromatic N) is 1. The van der Waals surface area contributed by atoms with Crippen molar-refractivity contribution in [1.82, 2.24) is 0 Å². The molecule has 7 heteroatoms. The van der Waals surface area contributed by atoms with Gasteiger partial charge < -0.3 is 20.7 Å². The Labute approximate surface area is 109 Å². The number of phenolic OH excluding ortho intramolecular Hbond substituents is 1. The van der Waals surface area contributed by atoms with Crippen LogP contribution in [-0.4, -0.2) is 28.4 Å². The van der Waals surface area contributed by atoms with E-state index in [-0.39, 0.29) is 28.7 Å². The molecule has 0 aliphatic heterocycles. The lowest BCUT2D eigenvalue weighted by Gasteiger charge is -2.20. The number of nitrogens with two attached hydrogens (primary N) is 1. The quantitative estimate of drug-likeness (QED) is 0.543. The van der Waals surface area contributed by atoms with Crippen LogP contribution in [0.1, 0.15) is 24.4 Å². The minimum absolute atomic E-state index is 0.0253. The van der Waals surface area contributed by atoms with Crippen molar-refractivity contribution in [3.05, 3.63) is 27.8 Å². The SMILES string of the molecule is COc1cc([N+](=O)[O-])cc([C@@H](N)[C@@H](O)C2CC2)c1O. The van der Waals surface area contributed by atoms with E-state index in [1.165, 1.54) is 13.2 Å². The first-order valence-electron chi connectivity index (χ1n) is 5.94. The highest BCUT2D eigenvalue weighted by molar-refractivity contribution is 5.54. The molecule has 0 radical (unpaired) electrons. The molecule has 4 N–H and O–H groups in total. The van der Waals surface area contributed by atoms with E-state index in [9.17, 15) is 20.3 Å². The van der Waals surface area contributed by atoms with Crippen molar-refractivity contribution in [2.24, 2.45) is 11.7 Å². The molecule has 0 bridgehead atoms. The maximum atomic E-state index is 10.8. The van der Waals surface area contributed by atoms with Crippen LogP contribution in [0.25, 0.3) is 0 Å². The summed E-state index contributed by atoms with van der Waals surface area (Å²) in [5.74, 6) is -0.192. The standard InChI is InChI=1S/C12H16N2O5/c1-19-9-5-7(14(17)18)4-8(12(9)16)10(13)11(15)6-2-3-6/h4-6,10-11,15-16H,2-3,13H2,1H3/t10-,11+/m1/s1.